The maximum Gasteiger partial charge on any atom is 0.239 e. The number of likely N-dealkylation sites (tertiary alicyclic amines) is 1. The summed E-state index contributed by atoms with van der Waals surface area (Å²) >= 11 is 0. The van der Waals surface area contributed by atoms with Gasteiger partial charge >= 0.3 is 0 Å². The minimum atomic E-state index is -0.120. The molecule has 4 heteroatoms. The number of rotatable bonds is 4. The molecule has 2 aliphatic rings. The molecule has 4 nitrogen and oxygen atoms in total. The minimum absolute atomic E-state index is 0.0826. The smallest absolute Gasteiger partial charge is 0.239 e. The van der Waals surface area contributed by atoms with Crippen LogP contribution in [0.5, 0.6) is 0 Å². The second kappa shape index (κ2) is 6.53. The molecular weight excluding hydrogens is 228 g/mol. The molecule has 1 saturated heterocycles. The third-order valence-electron chi connectivity index (χ3n) is 4.26. The summed E-state index contributed by atoms with van der Waals surface area (Å²) in [4.78, 5) is 14.2. The van der Waals surface area contributed by atoms with Crippen molar-refractivity contribution in [3.63, 3.8) is 0 Å². The molecule has 2 N–H and O–H groups in total. The average molecular weight is 254 g/mol. The molecule has 3 atom stereocenters. The van der Waals surface area contributed by atoms with Crippen LogP contribution in [0.3, 0.4) is 0 Å². The summed E-state index contributed by atoms with van der Waals surface area (Å²) in [6.45, 7) is 4.67. The van der Waals surface area contributed by atoms with Crippen LogP contribution in [-0.2, 0) is 4.79 Å². The number of aliphatic hydroxyl groups is 1. The van der Waals surface area contributed by atoms with E-state index >= 15 is 0 Å². The zero-order valence-electron chi connectivity index (χ0n) is 11.4. The second-order valence-electron chi connectivity index (χ2n) is 5.85. The van der Waals surface area contributed by atoms with Crippen molar-refractivity contribution in [3.8, 4) is 0 Å². The SMILES string of the molecule is CC(NCC1CCC(O)C1)C(=O)N1CCCCC1. The highest BCUT2D eigenvalue weighted by molar-refractivity contribution is 5.81. The van der Waals surface area contributed by atoms with Crippen LogP contribution in [-0.4, -0.2) is 47.7 Å². The van der Waals surface area contributed by atoms with E-state index in [4.69, 9.17) is 0 Å². The number of carbonyl (C=O) groups is 1. The molecule has 1 amide bonds. The molecule has 0 aromatic carbocycles. The Morgan fingerprint density at radius 1 is 1.33 bits per heavy atom. The Balaban J connectivity index is 1.70. The summed E-state index contributed by atoms with van der Waals surface area (Å²) < 4.78 is 0. The molecule has 3 unspecified atom stereocenters. The summed E-state index contributed by atoms with van der Waals surface area (Å²) in [6, 6.07) is -0.0826. The summed E-state index contributed by atoms with van der Waals surface area (Å²) in [7, 11) is 0. The molecule has 0 bridgehead atoms. The Hall–Kier alpha value is -0.610. The van der Waals surface area contributed by atoms with Crippen LogP contribution < -0.4 is 5.32 Å². The van der Waals surface area contributed by atoms with Crippen LogP contribution >= 0.6 is 0 Å². The molecular formula is C14H26N2O2. The number of piperidine rings is 1. The van der Waals surface area contributed by atoms with Gasteiger partial charge in [-0.05, 0) is 57.9 Å². The van der Waals surface area contributed by atoms with E-state index in [1.165, 1.54) is 6.42 Å². The Labute approximate surface area is 110 Å². The zero-order chi connectivity index (χ0) is 13.0. The van der Waals surface area contributed by atoms with Gasteiger partial charge in [-0.3, -0.25) is 4.79 Å². The summed E-state index contributed by atoms with van der Waals surface area (Å²) in [5, 5.41) is 12.8. The van der Waals surface area contributed by atoms with Gasteiger partial charge in [0.2, 0.25) is 5.91 Å². The molecule has 1 aliphatic carbocycles. The highest BCUT2D eigenvalue weighted by Gasteiger charge is 2.25. The number of amides is 1. The fraction of sp³-hybridized carbons (Fsp3) is 0.929. The molecule has 2 fully saturated rings. The molecule has 0 aromatic heterocycles. The monoisotopic (exact) mass is 254 g/mol. The van der Waals surface area contributed by atoms with E-state index in [1.807, 2.05) is 11.8 Å². The highest BCUT2D eigenvalue weighted by atomic mass is 16.3. The lowest BCUT2D eigenvalue weighted by atomic mass is 10.1. The molecule has 0 aromatic rings. The fourth-order valence-corrected chi connectivity index (χ4v) is 3.05. The third kappa shape index (κ3) is 3.69. The van der Waals surface area contributed by atoms with Gasteiger partial charge in [0, 0.05) is 13.1 Å². The van der Waals surface area contributed by atoms with E-state index in [0.29, 0.717) is 5.92 Å². The first kappa shape index (κ1) is 13.8. The Bertz CT molecular complexity index is 277. The fourth-order valence-electron chi connectivity index (χ4n) is 3.05. The van der Waals surface area contributed by atoms with Crippen molar-refractivity contribution < 1.29 is 9.90 Å². The van der Waals surface area contributed by atoms with E-state index in [0.717, 1.165) is 51.7 Å². The zero-order valence-corrected chi connectivity index (χ0v) is 11.4. The lowest BCUT2D eigenvalue weighted by Crippen LogP contribution is -2.47. The predicted molar refractivity (Wildman–Crippen MR) is 71.2 cm³/mol. The van der Waals surface area contributed by atoms with Crippen LogP contribution in [0, 0.1) is 5.92 Å². The van der Waals surface area contributed by atoms with Gasteiger partial charge in [-0.2, -0.15) is 0 Å². The highest BCUT2D eigenvalue weighted by Crippen LogP contribution is 2.24. The van der Waals surface area contributed by atoms with Crippen molar-refractivity contribution >= 4 is 5.91 Å². The molecule has 0 spiro atoms. The van der Waals surface area contributed by atoms with Crippen molar-refractivity contribution in [2.45, 2.75) is 57.6 Å². The molecule has 1 saturated carbocycles. The number of nitrogens with zero attached hydrogens (tertiary/aromatic N) is 1. The van der Waals surface area contributed by atoms with Crippen molar-refractivity contribution in [2.75, 3.05) is 19.6 Å². The summed E-state index contributed by atoms with van der Waals surface area (Å²) in [5.74, 6) is 0.782. The van der Waals surface area contributed by atoms with Gasteiger partial charge in [0.1, 0.15) is 0 Å². The number of hydrogen-bond donors (Lipinski definition) is 2. The minimum Gasteiger partial charge on any atom is -0.393 e. The van der Waals surface area contributed by atoms with E-state index in [1.54, 1.807) is 0 Å². The van der Waals surface area contributed by atoms with Gasteiger partial charge in [-0.25, -0.2) is 0 Å². The van der Waals surface area contributed by atoms with Crippen molar-refractivity contribution in [3.05, 3.63) is 0 Å². The molecule has 104 valence electrons. The summed E-state index contributed by atoms with van der Waals surface area (Å²) in [6.07, 6.45) is 6.31. The van der Waals surface area contributed by atoms with Crippen molar-refractivity contribution in [2.24, 2.45) is 5.92 Å². The predicted octanol–water partition coefficient (Wildman–Crippen LogP) is 1.14. The topological polar surface area (TPSA) is 52.6 Å². The van der Waals surface area contributed by atoms with Crippen LogP contribution in [0.1, 0.15) is 45.4 Å². The largest absolute Gasteiger partial charge is 0.393 e. The Morgan fingerprint density at radius 2 is 2.06 bits per heavy atom. The van der Waals surface area contributed by atoms with Crippen LogP contribution in [0.2, 0.25) is 0 Å². The van der Waals surface area contributed by atoms with E-state index in [2.05, 4.69) is 5.32 Å². The van der Waals surface area contributed by atoms with Crippen LogP contribution in [0.25, 0.3) is 0 Å². The second-order valence-corrected chi connectivity index (χ2v) is 5.85. The van der Waals surface area contributed by atoms with Gasteiger partial charge in [-0.1, -0.05) is 0 Å². The van der Waals surface area contributed by atoms with Gasteiger partial charge in [-0.15, -0.1) is 0 Å². The standard InChI is InChI=1S/C14H26N2O2/c1-11(14(18)16-7-3-2-4-8-16)15-10-12-5-6-13(17)9-12/h11-13,15,17H,2-10H2,1H3. The first-order chi connectivity index (χ1) is 8.66. The third-order valence-corrected chi connectivity index (χ3v) is 4.26. The number of carbonyl (C=O) groups excluding carboxylic acids is 1. The van der Waals surface area contributed by atoms with Crippen molar-refractivity contribution in [1.29, 1.82) is 0 Å². The quantitative estimate of drug-likeness (QED) is 0.791. The van der Waals surface area contributed by atoms with Gasteiger partial charge in [0.25, 0.3) is 0 Å². The number of nitrogens with one attached hydrogen (secondary N) is 1. The average Bonchev–Trinajstić information content (AvgIpc) is 2.82. The Morgan fingerprint density at radius 3 is 2.67 bits per heavy atom. The maximum atomic E-state index is 12.2. The van der Waals surface area contributed by atoms with Gasteiger partial charge in [0.05, 0.1) is 12.1 Å². The first-order valence-electron chi connectivity index (χ1n) is 7.37. The summed E-state index contributed by atoms with van der Waals surface area (Å²) in [5.41, 5.74) is 0. The first-order valence-corrected chi connectivity index (χ1v) is 7.37. The van der Waals surface area contributed by atoms with E-state index in [-0.39, 0.29) is 18.1 Å². The van der Waals surface area contributed by atoms with Crippen LogP contribution in [0.15, 0.2) is 0 Å². The normalized spacial score (nSPS) is 30.4. The maximum absolute atomic E-state index is 12.2. The number of hydrogen-bond acceptors (Lipinski definition) is 3. The van der Waals surface area contributed by atoms with E-state index in [9.17, 15) is 9.90 Å². The van der Waals surface area contributed by atoms with E-state index < -0.39 is 0 Å². The molecule has 1 aliphatic heterocycles. The van der Waals surface area contributed by atoms with Crippen molar-refractivity contribution in [1.82, 2.24) is 10.2 Å². The molecule has 18 heavy (non-hydrogen) atoms. The Kier molecular flexibility index (Phi) is 5.01. The van der Waals surface area contributed by atoms with Crippen LogP contribution in [0.4, 0.5) is 0 Å². The van der Waals surface area contributed by atoms with Gasteiger partial charge < -0.3 is 15.3 Å². The molecule has 2 rings (SSSR count). The molecule has 0 radical (unpaired) electrons. The van der Waals surface area contributed by atoms with Gasteiger partial charge in [0.15, 0.2) is 0 Å². The molecule has 1 heterocycles. The lowest BCUT2D eigenvalue weighted by Gasteiger charge is -2.30. The lowest BCUT2D eigenvalue weighted by molar-refractivity contribution is -0.133. The number of aliphatic hydroxyl groups excluding tert-OH is 1.